The Morgan fingerprint density at radius 2 is 1.28 bits per heavy atom. The Morgan fingerprint density at radius 1 is 0.767 bits per heavy atom. The van der Waals surface area contributed by atoms with Crippen LogP contribution in [0.3, 0.4) is 0 Å². The minimum absolute atomic E-state index is 0.0493. The number of rotatable bonds is 15. The van der Waals surface area contributed by atoms with E-state index >= 15 is 0 Å². The number of benzene rings is 4. The number of anilines is 2. The minimum Gasteiger partial charge on any atom is -0.397 e. The maximum atomic E-state index is 14.0. The first-order valence-corrected chi connectivity index (χ1v) is 16.2. The molecule has 0 saturated heterocycles. The molecular weight excluding hydrogens is 556 g/mol. The fourth-order valence-corrected chi connectivity index (χ4v) is 7.03. The maximum absolute atomic E-state index is 14.0. The predicted molar refractivity (Wildman–Crippen MR) is 176 cm³/mol. The maximum Gasteiger partial charge on any atom is 0.243 e. The van der Waals surface area contributed by atoms with Crippen LogP contribution in [0.1, 0.15) is 30.5 Å². The van der Waals surface area contributed by atoms with Crippen molar-refractivity contribution in [3.63, 3.8) is 0 Å². The van der Waals surface area contributed by atoms with E-state index in [1.807, 2.05) is 68.4 Å². The van der Waals surface area contributed by atoms with Crippen molar-refractivity contribution in [3.8, 4) is 0 Å². The summed E-state index contributed by atoms with van der Waals surface area (Å²) in [6.45, 7) is 5.37. The molecule has 0 amide bonds. The van der Waals surface area contributed by atoms with Gasteiger partial charge in [0.25, 0.3) is 0 Å². The molecule has 4 rings (SSSR count). The van der Waals surface area contributed by atoms with Crippen LogP contribution >= 0.6 is 0 Å². The lowest BCUT2D eigenvalue weighted by atomic mass is 9.97. The van der Waals surface area contributed by atoms with Crippen LogP contribution in [-0.4, -0.2) is 55.0 Å². The predicted octanol–water partition coefficient (Wildman–Crippen LogP) is 5.63. The van der Waals surface area contributed by atoms with Crippen molar-refractivity contribution in [2.75, 3.05) is 31.2 Å². The van der Waals surface area contributed by atoms with Crippen LogP contribution in [0.2, 0.25) is 0 Å². The van der Waals surface area contributed by atoms with Gasteiger partial charge in [-0.15, -0.1) is 0 Å². The van der Waals surface area contributed by atoms with Crippen molar-refractivity contribution >= 4 is 21.4 Å². The topological polar surface area (TPSA) is 98.9 Å². The van der Waals surface area contributed by atoms with Gasteiger partial charge in [0.15, 0.2) is 0 Å². The molecule has 0 radical (unpaired) electrons. The van der Waals surface area contributed by atoms with Gasteiger partial charge in [0.2, 0.25) is 10.0 Å². The van der Waals surface area contributed by atoms with Gasteiger partial charge in [-0.2, -0.15) is 4.31 Å². The Bertz CT molecular complexity index is 1480. The van der Waals surface area contributed by atoms with Gasteiger partial charge in [-0.3, -0.25) is 4.90 Å². The molecule has 0 unspecified atom stereocenters. The molecule has 0 aliphatic carbocycles. The monoisotopic (exact) mass is 600 g/mol. The number of nitrogens with two attached hydrogens (primary N) is 1. The Labute approximate surface area is 257 Å². The van der Waals surface area contributed by atoms with Gasteiger partial charge in [-0.25, -0.2) is 8.42 Å². The van der Waals surface area contributed by atoms with Crippen LogP contribution in [0.4, 0.5) is 11.4 Å². The van der Waals surface area contributed by atoms with Crippen molar-refractivity contribution < 1.29 is 13.5 Å². The molecule has 0 bridgehead atoms. The standard InChI is InChI=1S/C35H44N4O3S/c1-27(2)23-39(43(41,42)31-19-20-33(37-3)32(36)22-31)26-35(40)34(21-28-13-7-4-8-14-28)38(24-29-15-9-5-10-16-29)25-30-17-11-6-12-18-30/h4-20,22,27,34-35,37,40H,21,23-26,36H2,1-3H3/t34-,35+/m0/s1. The first-order chi connectivity index (χ1) is 20.7. The number of aliphatic hydroxyl groups is 1. The number of hydrogen-bond donors (Lipinski definition) is 3. The first-order valence-electron chi connectivity index (χ1n) is 14.8. The summed E-state index contributed by atoms with van der Waals surface area (Å²) >= 11 is 0. The van der Waals surface area contributed by atoms with Gasteiger partial charge in [0.05, 0.1) is 22.4 Å². The number of nitrogens with one attached hydrogen (secondary N) is 1. The molecule has 0 aliphatic rings. The summed E-state index contributed by atoms with van der Waals surface area (Å²) in [5.41, 5.74) is 10.5. The van der Waals surface area contributed by atoms with Crippen molar-refractivity contribution in [2.45, 2.75) is 50.4 Å². The van der Waals surface area contributed by atoms with Crippen LogP contribution in [0.25, 0.3) is 0 Å². The minimum atomic E-state index is -3.94. The summed E-state index contributed by atoms with van der Waals surface area (Å²) in [6, 6.07) is 34.8. The zero-order valence-electron chi connectivity index (χ0n) is 25.3. The molecule has 43 heavy (non-hydrogen) atoms. The lowest BCUT2D eigenvalue weighted by Crippen LogP contribution is -2.50. The average Bonchev–Trinajstić information content (AvgIpc) is 3.00. The van der Waals surface area contributed by atoms with Gasteiger partial charge in [-0.1, -0.05) is 105 Å². The van der Waals surface area contributed by atoms with E-state index in [2.05, 4.69) is 46.6 Å². The number of aliphatic hydroxyl groups excluding tert-OH is 1. The molecule has 4 N–H and O–H groups in total. The molecule has 8 heteroatoms. The molecule has 0 aliphatic heterocycles. The lowest BCUT2D eigenvalue weighted by molar-refractivity contribution is 0.0273. The fraction of sp³-hybridized carbons (Fsp3) is 0.314. The number of nitrogens with zero attached hydrogens (tertiary/aromatic N) is 2. The number of sulfonamides is 1. The molecule has 0 heterocycles. The second-order valence-electron chi connectivity index (χ2n) is 11.4. The van der Waals surface area contributed by atoms with E-state index in [1.165, 1.54) is 10.4 Å². The Morgan fingerprint density at radius 3 is 1.74 bits per heavy atom. The van der Waals surface area contributed by atoms with E-state index in [9.17, 15) is 13.5 Å². The van der Waals surface area contributed by atoms with Gasteiger partial charge in [-0.05, 0) is 47.2 Å². The quantitative estimate of drug-likeness (QED) is 0.153. The van der Waals surface area contributed by atoms with Crippen molar-refractivity contribution in [2.24, 2.45) is 5.92 Å². The summed E-state index contributed by atoms with van der Waals surface area (Å²) in [4.78, 5) is 2.38. The van der Waals surface area contributed by atoms with Crippen LogP contribution in [-0.2, 0) is 29.5 Å². The van der Waals surface area contributed by atoms with E-state index in [0.717, 1.165) is 16.7 Å². The van der Waals surface area contributed by atoms with Crippen LogP contribution in [0.5, 0.6) is 0 Å². The van der Waals surface area contributed by atoms with Crippen molar-refractivity contribution in [1.82, 2.24) is 9.21 Å². The Kier molecular flexibility index (Phi) is 11.4. The molecular formula is C35H44N4O3S. The second-order valence-corrected chi connectivity index (χ2v) is 13.4. The summed E-state index contributed by atoms with van der Waals surface area (Å²) in [7, 11) is -2.20. The van der Waals surface area contributed by atoms with Gasteiger partial charge < -0.3 is 16.2 Å². The largest absolute Gasteiger partial charge is 0.397 e. The molecule has 228 valence electrons. The molecule has 7 nitrogen and oxygen atoms in total. The van der Waals surface area contributed by atoms with E-state index in [0.29, 0.717) is 30.9 Å². The van der Waals surface area contributed by atoms with Crippen molar-refractivity contribution in [3.05, 3.63) is 126 Å². The van der Waals surface area contributed by atoms with E-state index < -0.39 is 16.1 Å². The number of nitrogen functional groups attached to an aromatic ring is 1. The third kappa shape index (κ3) is 8.91. The number of hydrogen-bond acceptors (Lipinski definition) is 6. The normalized spacial score (nSPS) is 13.4. The fourth-order valence-electron chi connectivity index (χ4n) is 5.38. The third-order valence-electron chi connectivity index (χ3n) is 7.55. The highest BCUT2D eigenvalue weighted by molar-refractivity contribution is 7.89. The lowest BCUT2D eigenvalue weighted by Gasteiger charge is -2.37. The summed E-state index contributed by atoms with van der Waals surface area (Å²) in [6.07, 6.45) is -0.420. The van der Waals surface area contributed by atoms with Gasteiger partial charge in [0, 0.05) is 39.3 Å². The summed E-state index contributed by atoms with van der Waals surface area (Å²) in [5, 5.41) is 15.0. The highest BCUT2D eigenvalue weighted by atomic mass is 32.2. The zero-order valence-corrected chi connectivity index (χ0v) is 26.1. The Hall–Kier alpha value is -3.69. The van der Waals surface area contributed by atoms with Gasteiger partial charge in [0.1, 0.15) is 0 Å². The second kappa shape index (κ2) is 15.2. The van der Waals surface area contributed by atoms with E-state index in [4.69, 9.17) is 5.73 Å². The third-order valence-corrected chi connectivity index (χ3v) is 9.38. The Balaban J connectivity index is 1.71. The average molecular weight is 601 g/mol. The van der Waals surface area contributed by atoms with Gasteiger partial charge >= 0.3 is 0 Å². The molecule has 0 spiro atoms. The summed E-state index contributed by atoms with van der Waals surface area (Å²) < 4.78 is 29.4. The molecule has 2 atom stereocenters. The molecule has 4 aromatic carbocycles. The molecule has 0 saturated carbocycles. The van der Waals surface area contributed by atoms with Crippen LogP contribution in [0.15, 0.2) is 114 Å². The van der Waals surface area contributed by atoms with E-state index in [-0.39, 0.29) is 29.9 Å². The first kappa shape index (κ1) is 32.2. The van der Waals surface area contributed by atoms with E-state index in [1.54, 1.807) is 19.2 Å². The molecule has 0 aromatic heterocycles. The smallest absolute Gasteiger partial charge is 0.243 e. The molecule has 0 fully saturated rings. The molecule has 4 aromatic rings. The van der Waals surface area contributed by atoms with Crippen LogP contribution in [0, 0.1) is 5.92 Å². The zero-order chi connectivity index (χ0) is 30.8. The SMILES string of the molecule is CNc1ccc(S(=O)(=O)N(CC(C)C)C[C@@H](O)[C@H](Cc2ccccc2)N(Cc2ccccc2)Cc2ccccc2)cc1N. The van der Waals surface area contributed by atoms with Crippen LogP contribution < -0.4 is 11.1 Å². The highest BCUT2D eigenvalue weighted by Crippen LogP contribution is 2.27. The highest BCUT2D eigenvalue weighted by Gasteiger charge is 2.33. The summed E-state index contributed by atoms with van der Waals surface area (Å²) in [5.74, 6) is 0.0493. The van der Waals surface area contributed by atoms with Crippen molar-refractivity contribution in [1.29, 1.82) is 0 Å².